The molecule has 0 aliphatic rings. The number of benzene rings is 1. The molecule has 1 heteroatoms. The summed E-state index contributed by atoms with van der Waals surface area (Å²) in [5.41, 5.74) is 2.71. The molecule has 0 bridgehead atoms. The molecule has 0 unspecified atom stereocenters. The summed E-state index contributed by atoms with van der Waals surface area (Å²) in [4.78, 5) is 0. The number of aryl methyl sites for hydroxylation is 2. The number of rotatable bonds is 0. The number of hydrogen-bond acceptors (Lipinski definition) is 0. The Labute approximate surface area is 64.8 Å². The predicted octanol–water partition coefficient (Wildman–Crippen LogP) is 1.10. The van der Waals surface area contributed by atoms with Crippen molar-refractivity contribution in [1.82, 2.24) is 0 Å². The summed E-state index contributed by atoms with van der Waals surface area (Å²) in [7, 11) is 0. The van der Waals surface area contributed by atoms with Gasteiger partial charge in [0.15, 0.2) is 0 Å². The standard InChI is InChI=1S/C8H9As/c1-6-4-3-5-7(2)8(6)9/h3-5H,1-2H3. The first-order valence-corrected chi connectivity index (χ1v) is 3.91. The Morgan fingerprint density at radius 1 is 1.11 bits per heavy atom. The molecule has 0 aliphatic carbocycles. The van der Waals surface area contributed by atoms with Gasteiger partial charge in [-0.1, -0.05) is 0 Å². The zero-order valence-corrected chi connectivity index (χ0v) is 7.56. The van der Waals surface area contributed by atoms with E-state index in [1.54, 1.807) is 0 Å². The van der Waals surface area contributed by atoms with Crippen molar-refractivity contribution in [2.24, 2.45) is 0 Å². The van der Waals surface area contributed by atoms with Crippen LogP contribution in [0.1, 0.15) is 11.1 Å². The van der Waals surface area contributed by atoms with Crippen LogP contribution in [0, 0.1) is 13.8 Å². The van der Waals surface area contributed by atoms with Gasteiger partial charge in [-0.25, -0.2) is 0 Å². The van der Waals surface area contributed by atoms with Crippen molar-refractivity contribution in [2.45, 2.75) is 13.8 Å². The van der Waals surface area contributed by atoms with E-state index < -0.39 is 0 Å². The van der Waals surface area contributed by atoms with Gasteiger partial charge < -0.3 is 0 Å². The zero-order chi connectivity index (χ0) is 6.85. The Morgan fingerprint density at radius 2 is 1.56 bits per heavy atom. The Morgan fingerprint density at radius 3 is 1.89 bits per heavy atom. The van der Waals surface area contributed by atoms with E-state index in [0.29, 0.717) is 0 Å². The molecule has 0 saturated heterocycles. The van der Waals surface area contributed by atoms with E-state index in [0.717, 1.165) is 0 Å². The van der Waals surface area contributed by atoms with Crippen molar-refractivity contribution in [2.75, 3.05) is 0 Å². The van der Waals surface area contributed by atoms with Crippen LogP contribution in [0.5, 0.6) is 0 Å². The Balaban J connectivity index is 3.25. The monoisotopic (exact) mass is 180 g/mol. The van der Waals surface area contributed by atoms with Gasteiger partial charge in [0.2, 0.25) is 0 Å². The topological polar surface area (TPSA) is 0 Å². The van der Waals surface area contributed by atoms with Crippen molar-refractivity contribution < 1.29 is 0 Å². The quantitative estimate of drug-likeness (QED) is 0.524. The van der Waals surface area contributed by atoms with Gasteiger partial charge in [-0.05, 0) is 0 Å². The normalized spacial score (nSPS) is 9.67. The molecule has 0 saturated carbocycles. The van der Waals surface area contributed by atoms with Crippen LogP contribution in [0.15, 0.2) is 18.2 Å². The first kappa shape index (κ1) is 6.89. The predicted molar refractivity (Wildman–Crippen MR) is 41.3 cm³/mol. The van der Waals surface area contributed by atoms with Crippen LogP contribution in [-0.2, 0) is 0 Å². The van der Waals surface area contributed by atoms with Crippen LogP contribution in [-0.4, -0.2) is 16.9 Å². The van der Waals surface area contributed by atoms with Gasteiger partial charge in [0, 0.05) is 0 Å². The Bertz CT molecular complexity index is 196. The van der Waals surface area contributed by atoms with Gasteiger partial charge in [0.05, 0.1) is 0 Å². The molecule has 0 amide bonds. The molecule has 0 nitrogen and oxygen atoms in total. The molecule has 0 fully saturated rings. The summed E-state index contributed by atoms with van der Waals surface area (Å²) in [5.74, 6) is 0. The maximum absolute atomic E-state index is 2.60. The fourth-order valence-corrected chi connectivity index (χ4v) is 1.12. The molecule has 0 atom stereocenters. The van der Waals surface area contributed by atoms with E-state index in [1.165, 1.54) is 15.5 Å². The van der Waals surface area contributed by atoms with Crippen molar-refractivity contribution in [1.29, 1.82) is 0 Å². The third-order valence-corrected chi connectivity index (χ3v) is 2.92. The van der Waals surface area contributed by atoms with E-state index >= 15 is 0 Å². The van der Waals surface area contributed by atoms with Gasteiger partial charge in [0.1, 0.15) is 0 Å². The molecule has 2 radical (unpaired) electrons. The summed E-state index contributed by atoms with van der Waals surface area (Å²) in [5, 5.41) is 0. The first-order valence-electron chi connectivity index (χ1n) is 2.97. The van der Waals surface area contributed by atoms with Gasteiger partial charge in [-0.2, -0.15) is 0 Å². The SMILES string of the molecule is Cc1cccc(C)c1[As]. The summed E-state index contributed by atoms with van der Waals surface area (Å²) in [6.07, 6.45) is 0. The molecule has 9 heavy (non-hydrogen) atoms. The van der Waals surface area contributed by atoms with Gasteiger partial charge in [-0.15, -0.1) is 0 Å². The van der Waals surface area contributed by atoms with E-state index in [9.17, 15) is 0 Å². The van der Waals surface area contributed by atoms with E-state index in [1.807, 2.05) is 0 Å². The molecule has 0 aromatic heterocycles. The summed E-state index contributed by atoms with van der Waals surface area (Å²) >= 11 is 2.60. The van der Waals surface area contributed by atoms with Crippen molar-refractivity contribution >= 4 is 21.2 Å². The second-order valence-corrected chi connectivity index (χ2v) is 3.18. The average Bonchev–Trinajstić information content (AvgIpc) is 1.83. The number of hydrogen-bond donors (Lipinski definition) is 0. The second-order valence-electron chi connectivity index (χ2n) is 2.24. The molecule has 1 rings (SSSR count). The average molecular weight is 180 g/mol. The fourth-order valence-electron chi connectivity index (χ4n) is 0.806. The molecule has 46 valence electrons. The molecule has 0 spiro atoms. The minimum absolute atomic E-state index is 1.35. The Hall–Kier alpha value is -0.222. The van der Waals surface area contributed by atoms with Crippen LogP contribution in [0.2, 0.25) is 0 Å². The first-order chi connectivity index (χ1) is 4.22. The van der Waals surface area contributed by atoms with Crippen LogP contribution in [0.4, 0.5) is 0 Å². The van der Waals surface area contributed by atoms with Crippen LogP contribution in [0.25, 0.3) is 0 Å². The third kappa shape index (κ3) is 1.37. The summed E-state index contributed by atoms with van der Waals surface area (Å²) in [6, 6.07) is 6.34. The third-order valence-electron chi connectivity index (χ3n) is 1.44. The van der Waals surface area contributed by atoms with Gasteiger partial charge in [0.25, 0.3) is 0 Å². The second kappa shape index (κ2) is 2.58. The van der Waals surface area contributed by atoms with Crippen LogP contribution >= 0.6 is 0 Å². The maximum atomic E-state index is 2.60. The molecule has 0 aliphatic heterocycles. The van der Waals surface area contributed by atoms with Crippen molar-refractivity contribution in [3.63, 3.8) is 0 Å². The zero-order valence-electron chi connectivity index (χ0n) is 5.68. The van der Waals surface area contributed by atoms with Crippen molar-refractivity contribution in [3.8, 4) is 0 Å². The van der Waals surface area contributed by atoms with Gasteiger partial charge >= 0.3 is 64.4 Å². The van der Waals surface area contributed by atoms with E-state index in [4.69, 9.17) is 0 Å². The summed E-state index contributed by atoms with van der Waals surface area (Å²) in [6.45, 7) is 4.25. The molecular formula is C8H9As. The molecule has 1 aromatic carbocycles. The molecule has 0 N–H and O–H groups in total. The molecular weight excluding hydrogens is 171 g/mol. The van der Waals surface area contributed by atoms with E-state index in [2.05, 4.69) is 48.9 Å². The molecule has 1 aromatic rings. The van der Waals surface area contributed by atoms with Crippen molar-refractivity contribution in [3.05, 3.63) is 29.3 Å². The summed E-state index contributed by atoms with van der Waals surface area (Å²) < 4.78 is 1.35. The Kier molecular flexibility index (Phi) is 1.97. The van der Waals surface area contributed by atoms with Crippen LogP contribution < -0.4 is 4.35 Å². The fraction of sp³-hybridized carbons (Fsp3) is 0.250. The van der Waals surface area contributed by atoms with Gasteiger partial charge in [-0.3, -0.25) is 0 Å². The minimum atomic E-state index is 1.35. The molecule has 0 heterocycles. The van der Waals surface area contributed by atoms with Crippen LogP contribution in [0.3, 0.4) is 0 Å². The van der Waals surface area contributed by atoms with E-state index in [-0.39, 0.29) is 0 Å².